The maximum Gasteiger partial charge on any atom is 0.170 e. The molecule has 4 rings (SSSR count). The SMILES string of the molecule is Cc1cc([C@@H]2[C@H](c3ccccn3)NC(=S)N2CCCN(C)C)c(C)n1CCCN1CCOCC1. The third kappa shape index (κ3) is 5.79. The number of nitrogens with one attached hydrogen (secondary N) is 1. The third-order valence-corrected chi connectivity index (χ3v) is 7.45. The Bertz CT molecular complexity index is 940. The summed E-state index contributed by atoms with van der Waals surface area (Å²) in [6.45, 7) is 12.5. The van der Waals surface area contributed by atoms with Crippen LogP contribution in [0.25, 0.3) is 0 Å². The molecule has 0 unspecified atom stereocenters. The number of morpholine rings is 1. The molecule has 186 valence electrons. The molecule has 2 aromatic rings. The lowest BCUT2D eigenvalue weighted by atomic mass is 9.96. The molecule has 0 aromatic carbocycles. The summed E-state index contributed by atoms with van der Waals surface area (Å²) in [4.78, 5) is 11.8. The van der Waals surface area contributed by atoms with E-state index < -0.39 is 0 Å². The van der Waals surface area contributed by atoms with Gasteiger partial charge in [-0.15, -0.1) is 0 Å². The van der Waals surface area contributed by atoms with E-state index in [4.69, 9.17) is 21.9 Å². The number of ether oxygens (including phenoxy) is 1. The van der Waals surface area contributed by atoms with E-state index in [0.29, 0.717) is 0 Å². The number of rotatable bonds is 10. The largest absolute Gasteiger partial charge is 0.379 e. The van der Waals surface area contributed by atoms with E-state index in [1.165, 1.54) is 17.0 Å². The van der Waals surface area contributed by atoms with Crippen LogP contribution < -0.4 is 5.32 Å². The van der Waals surface area contributed by atoms with Gasteiger partial charge in [0, 0.05) is 50.3 Å². The summed E-state index contributed by atoms with van der Waals surface area (Å²) in [5, 5.41) is 4.43. The van der Waals surface area contributed by atoms with Gasteiger partial charge in [0.2, 0.25) is 0 Å². The van der Waals surface area contributed by atoms with E-state index in [0.717, 1.165) is 76.1 Å². The van der Waals surface area contributed by atoms with Gasteiger partial charge in [0.25, 0.3) is 0 Å². The first-order valence-corrected chi connectivity index (χ1v) is 13.0. The zero-order valence-electron chi connectivity index (χ0n) is 21.2. The molecule has 0 spiro atoms. The van der Waals surface area contributed by atoms with Crippen LogP contribution >= 0.6 is 12.2 Å². The van der Waals surface area contributed by atoms with Crippen molar-refractivity contribution in [3.8, 4) is 0 Å². The molecule has 0 saturated carbocycles. The summed E-state index contributed by atoms with van der Waals surface area (Å²) >= 11 is 5.85. The molecular weight excluding hydrogens is 444 g/mol. The van der Waals surface area contributed by atoms with Crippen molar-refractivity contribution in [2.24, 2.45) is 0 Å². The molecule has 0 aliphatic carbocycles. The Labute approximate surface area is 210 Å². The lowest BCUT2D eigenvalue weighted by Crippen LogP contribution is -2.37. The zero-order valence-corrected chi connectivity index (χ0v) is 22.0. The van der Waals surface area contributed by atoms with Crippen LogP contribution in [0.1, 0.15) is 47.6 Å². The van der Waals surface area contributed by atoms with Gasteiger partial charge in [0.1, 0.15) is 0 Å². The molecule has 1 N–H and O–H groups in total. The van der Waals surface area contributed by atoms with Crippen molar-refractivity contribution in [2.75, 3.05) is 60.0 Å². The molecule has 2 aliphatic heterocycles. The van der Waals surface area contributed by atoms with Gasteiger partial charge in [0.05, 0.1) is 31.0 Å². The summed E-state index contributed by atoms with van der Waals surface area (Å²) in [5.41, 5.74) is 5.06. The van der Waals surface area contributed by atoms with Crippen molar-refractivity contribution in [3.63, 3.8) is 0 Å². The van der Waals surface area contributed by atoms with Crippen molar-refractivity contribution in [1.29, 1.82) is 0 Å². The second-order valence-electron chi connectivity index (χ2n) is 9.76. The fraction of sp³-hybridized carbons (Fsp3) is 0.615. The molecule has 2 saturated heterocycles. The predicted octanol–water partition coefficient (Wildman–Crippen LogP) is 3.15. The number of hydrogen-bond acceptors (Lipinski definition) is 5. The van der Waals surface area contributed by atoms with Crippen molar-refractivity contribution >= 4 is 17.3 Å². The van der Waals surface area contributed by atoms with E-state index in [-0.39, 0.29) is 12.1 Å². The lowest BCUT2D eigenvalue weighted by molar-refractivity contribution is 0.0369. The van der Waals surface area contributed by atoms with Gasteiger partial charge in [-0.2, -0.15) is 0 Å². The van der Waals surface area contributed by atoms with Gasteiger partial charge < -0.3 is 24.4 Å². The van der Waals surface area contributed by atoms with Crippen molar-refractivity contribution in [2.45, 2.75) is 45.3 Å². The molecule has 34 heavy (non-hydrogen) atoms. The molecule has 8 heteroatoms. The van der Waals surface area contributed by atoms with Crippen LogP contribution in [0.2, 0.25) is 0 Å². The molecular formula is C26H40N6OS. The smallest absolute Gasteiger partial charge is 0.170 e. The Morgan fingerprint density at radius 3 is 2.62 bits per heavy atom. The van der Waals surface area contributed by atoms with Crippen LogP contribution in [-0.2, 0) is 11.3 Å². The number of thiocarbonyl (C=S) groups is 1. The molecule has 2 aromatic heterocycles. The van der Waals surface area contributed by atoms with Gasteiger partial charge in [-0.05, 0) is 83.3 Å². The number of hydrogen-bond donors (Lipinski definition) is 1. The highest BCUT2D eigenvalue weighted by Gasteiger charge is 2.41. The van der Waals surface area contributed by atoms with Crippen LogP contribution in [0, 0.1) is 13.8 Å². The fourth-order valence-corrected chi connectivity index (χ4v) is 5.62. The Morgan fingerprint density at radius 1 is 1.12 bits per heavy atom. The molecule has 2 aliphatic rings. The summed E-state index contributed by atoms with van der Waals surface area (Å²) in [6, 6.07) is 8.71. The van der Waals surface area contributed by atoms with E-state index in [1.54, 1.807) is 0 Å². The van der Waals surface area contributed by atoms with Crippen LogP contribution in [0.15, 0.2) is 30.5 Å². The van der Waals surface area contributed by atoms with Crippen LogP contribution in [0.4, 0.5) is 0 Å². The first-order valence-electron chi connectivity index (χ1n) is 12.5. The number of aromatic nitrogens is 2. The summed E-state index contributed by atoms with van der Waals surface area (Å²) in [6.07, 6.45) is 4.09. The van der Waals surface area contributed by atoms with Gasteiger partial charge in [-0.1, -0.05) is 6.07 Å². The number of aryl methyl sites for hydroxylation is 1. The quantitative estimate of drug-likeness (QED) is 0.520. The number of pyridine rings is 1. The standard InChI is InChI=1S/C26H40N6OS/c1-20-19-22(21(2)31(20)13-8-12-30-15-17-33-18-16-30)25-24(23-9-5-6-10-27-23)28-26(34)32(25)14-7-11-29(3)4/h5-6,9-10,19,24-25H,7-8,11-18H2,1-4H3,(H,28,34)/t24-,25+/m0/s1. The second kappa shape index (κ2) is 11.6. The van der Waals surface area contributed by atoms with Crippen LogP contribution in [0.3, 0.4) is 0 Å². The lowest BCUT2D eigenvalue weighted by Gasteiger charge is -2.29. The Kier molecular flexibility index (Phi) is 8.58. The topological polar surface area (TPSA) is 48.8 Å². The Hall–Kier alpha value is -2.00. The Morgan fingerprint density at radius 2 is 1.91 bits per heavy atom. The normalized spacial score (nSPS) is 21.4. The molecule has 2 fully saturated rings. The summed E-state index contributed by atoms with van der Waals surface area (Å²) < 4.78 is 7.98. The first-order chi connectivity index (χ1) is 16.5. The maximum atomic E-state index is 5.85. The van der Waals surface area contributed by atoms with Crippen molar-refractivity contribution < 1.29 is 4.74 Å². The van der Waals surface area contributed by atoms with E-state index in [9.17, 15) is 0 Å². The first kappa shape index (κ1) is 25.1. The van der Waals surface area contributed by atoms with Crippen LogP contribution in [0.5, 0.6) is 0 Å². The fourth-order valence-electron chi connectivity index (χ4n) is 5.29. The summed E-state index contributed by atoms with van der Waals surface area (Å²) in [7, 11) is 4.25. The highest BCUT2D eigenvalue weighted by Crippen LogP contribution is 2.40. The van der Waals surface area contributed by atoms with E-state index >= 15 is 0 Å². The maximum absolute atomic E-state index is 5.85. The van der Waals surface area contributed by atoms with Crippen molar-refractivity contribution in [3.05, 3.63) is 53.1 Å². The van der Waals surface area contributed by atoms with Crippen molar-refractivity contribution in [1.82, 2.24) is 29.6 Å². The summed E-state index contributed by atoms with van der Waals surface area (Å²) in [5.74, 6) is 0. The zero-order chi connectivity index (χ0) is 24.1. The Balaban J connectivity index is 1.55. The minimum Gasteiger partial charge on any atom is -0.379 e. The van der Waals surface area contributed by atoms with Gasteiger partial charge in [0.15, 0.2) is 5.11 Å². The predicted molar refractivity (Wildman–Crippen MR) is 141 cm³/mol. The van der Waals surface area contributed by atoms with Gasteiger partial charge in [-0.3, -0.25) is 9.88 Å². The van der Waals surface area contributed by atoms with Gasteiger partial charge >= 0.3 is 0 Å². The molecule has 0 amide bonds. The molecule has 0 bridgehead atoms. The van der Waals surface area contributed by atoms with Gasteiger partial charge in [-0.25, -0.2) is 0 Å². The molecule has 2 atom stereocenters. The molecule has 0 radical (unpaired) electrons. The van der Waals surface area contributed by atoms with E-state index in [1.807, 2.05) is 12.3 Å². The second-order valence-corrected chi connectivity index (χ2v) is 10.1. The average Bonchev–Trinajstić information content (AvgIpc) is 3.30. The highest BCUT2D eigenvalue weighted by molar-refractivity contribution is 7.80. The third-order valence-electron chi connectivity index (χ3n) is 7.09. The minimum atomic E-state index is 0.0513. The minimum absolute atomic E-state index is 0.0513. The molecule has 7 nitrogen and oxygen atoms in total. The average molecular weight is 485 g/mol. The monoisotopic (exact) mass is 484 g/mol. The van der Waals surface area contributed by atoms with E-state index in [2.05, 4.69) is 70.7 Å². The highest BCUT2D eigenvalue weighted by atomic mass is 32.1. The molecule has 4 heterocycles. The number of nitrogens with zero attached hydrogens (tertiary/aromatic N) is 5. The van der Waals surface area contributed by atoms with Crippen LogP contribution in [-0.4, -0.2) is 89.4 Å².